The molecule has 2 heterocycles. The van der Waals surface area contributed by atoms with Crippen LogP contribution in [0.5, 0.6) is 0 Å². The van der Waals surface area contributed by atoms with Crippen LogP contribution in [-0.4, -0.2) is 16.6 Å². The first-order valence-corrected chi connectivity index (χ1v) is 8.97. The van der Waals surface area contributed by atoms with E-state index in [1.807, 2.05) is 50.4 Å². The Morgan fingerprint density at radius 3 is 2.71 bits per heavy atom. The van der Waals surface area contributed by atoms with Crippen LogP contribution in [0.4, 0.5) is 0 Å². The van der Waals surface area contributed by atoms with Gasteiger partial charge in [-0.2, -0.15) is 0 Å². The first kappa shape index (κ1) is 16.7. The zero-order valence-electron chi connectivity index (χ0n) is 13.3. The van der Waals surface area contributed by atoms with Gasteiger partial charge in [-0.1, -0.05) is 28.6 Å². The Hall–Kier alpha value is -2.18. The number of fused-ring (bicyclic) bond motifs is 1. The van der Waals surface area contributed by atoms with Crippen molar-refractivity contribution in [1.82, 2.24) is 14.9 Å². The van der Waals surface area contributed by atoms with Crippen LogP contribution in [0.15, 0.2) is 52.0 Å². The molecule has 0 aliphatic carbocycles. The van der Waals surface area contributed by atoms with Crippen molar-refractivity contribution in [1.29, 1.82) is 0 Å². The maximum absolute atomic E-state index is 12.9. The minimum absolute atomic E-state index is 0.0839. The minimum atomic E-state index is -0.0839. The predicted octanol–water partition coefficient (Wildman–Crippen LogP) is 2.52. The van der Waals surface area contributed by atoms with Gasteiger partial charge in [0.1, 0.15) is 11.0 Å². The fourth-order valence-corrected chi connectivity index (χ4v) is 3.79. The lowest BCUT2D eigenvalue weighted by molar-refractivity contribution is 0.965. The van der Waals surface area contributed by atoms with Gasteiger partial charge in [0.05, 0.1) is 11.2 Å². The van der Waals surface area contributed by atoms with Gasteiger partial charge in [0.15, 0.2) is 0 Å². The summed E-state index contributed by atoms with van der Waals surface area (Å²) >= 11 is 4.78. The molecule has 6 heteroatoms. The van der Waals surface area contributed by atoms with E-state index in [4.69, 9.17) is 0 Å². The third-order valence-corrected chi connectivity index (χ3v) is 5.20. The van der Waals surface area contributed by atoms with Crippen LogP contribution < -0.4 is 20.6 Å². The first-order chi connectivity index (χ1) is 11.6. The molecule has 0 saturated carbocycles. The summed E-state index contributed by atoms with van der Waals surface area (Å²) in [6.07, 6.45) is 5.47. The molecule has 0 amide bonds. The number of benzene rings is 1. The van der Waals surface area contributed by atoms with Gasteiger partial charge >= 0.3 is 0 Å². The minimum Gasteiger partial charge on any atom is -0.388 e. The maximum Gasteiger partial charge on any atom is 0.275 e. The smallest absolute Gasteiger partial charge is 0.275 e. The number of thiophene rings is 1. The number of hydrogen-bond acceptors (Lipinski definition) is 4. The summed E-state index contributed by atoms with van der Waals surface area (Å²) in [5, 5.41) is 4.04. The summed E-state index contributed by atoms with van der Waals surface area (Å²) in [7, 11) is 1.85. The number of nitrogens with one attached hydrogen (secondary N) is 1. The molecule has 0 aliphatic rings. The van der Waals surface area contributed by atoms with Crippen LogP contribution in [-0.2, 0) is 0 Å². The van der Waals surface area contributed by atoms with Gasteiger partial charge in [0, 0.05) is 27.0 Å². The molecule has 4 nitrogen and oxygen atoms in total. The van der Waals surface area contributed by atoms with Crippen molar-refractivity contribution in [2.24, 2.45) is 0 Å². The molecule has 2 aromatic heterocycles. The molecule has 0 unspecified atom stereocenters. The number of halogens is 1. The topological polar surface area (TPSA) is 46.9 Å². The number of rotatable bonds is 3. The van der Waals surface area contributed by atoms with Crippen LogP contribution in [0, 0.1) is 0 Å². The highest BCUT2D eigenvalue weighted by molar-refractivity contribution is 9.10. The van der Waals surface area contributed by atoms with Crippen LogP contribution in [0.2, 0.25) is 0 Å². The van der Waals surface area contributed by atoms with Crippen molar-refractivity contribution in [3.8, 4) is 5.69 Å². The molecule has 122 valence electrons. The number of likely N-dealkylation sites (N-methyl/N-ethyl adjacent to an activating group) is 1. The van der Waals surface area contributed by atoms with Gasteiger partial charge in [0.2, 0.25) is 0 Å². The van der Waals surface area contributed by atoms with Gasteiger partial charge in [0.25, 0.3) is 5.56 Å². The molecule has 0 spiro atoms. The Balaban J connectivity index is 2.35. The van der Waals surface area contributed by atoms with E-state index in [0.717, 1.165) is 25.6 Å². The summed E-state index contributed by atoms with van der Waals surface area (Å²) in [5.74, 6) is 0. The van der Waals surface area contributed by atoms with Crippen molar-refractivity contribution >= 4 is 49.8 Å². The molecular weight excluding hydrogens is 386 g/mol. The van der Waals surface area contributed by atoms with Crippen molar-refractivity contribution in [2.45, 2.75) is 6.92 Å². The normalized spacial score (nSPS) is 12.8. The van der Waals surface area contributed by atoms with Crippen LogP contribution in [0.25, 0.3) is 28.2 Å². The third kappa shape index (κ3) is 2.83. The highest BCUT2D eigenvalue weighted by Gasteiger charge is 2.11. The average Bonchev–Trinajstić information content (AvgIpc) is 2.91. The number of allylic oxidation sites excluding steroid dienone is 1. The van der Waals surface area contributed by atoms with E-state index in [0.29, 0.717) is 10.2 Å². The SMILES string of the molecule is C=c1sc2c(=O)n(-c3ccc(Br)cc3)cnc2/c1=C(/C=C\C)NC. The lowest BCUT2D eigenvalue weighted by Crippen LogP contribution is -2.26. The summed E-state index contributed by atoms with van der Waals surface area (Å²) in [6.45, 7) is 6.04. The van der Waals surface area contributed by atoms with E-state index in [9.17, 15) is 4.79 Å². The van der Waals surface area contributed by atoms with E-state index in [1.165, 1.54) is 11.3 Å². The Morgan fingerprint density at radius 2 is 2.08 bits per heavy atom. The molecule has 0 saturated heterocycles. The predicted molar refractivity (Wildman–Crippen MR) is 105 cm³/mol. The first-order valence-electron chi connectivity index (χ1n) is 7.36. The summed E-state index contributed by atoms with van der Waals surface area (Å²) in [4.78, 5) is 17.4. The number of hydrogen-bond donors (Lipinski definition) is 1. The lowest BCUT2D eigenvalue weighted by atomic mass is 10.2. The monoisotopic (exact) mass is 401 g/mol. The second kappa shape index (κ2) is 6.75. The number of nitrogens with zero attached hydrogens (tertiary/aromatic N) is 2. The van der Waals surface area contributed by atoms with Crippen molar-refractivity contribution < 1.29 is 0 Å². The Morgan fingerprint density at radius 1 is 1.38 bits per heavy atom. The zero-order valence-corrected chi connectivity index (χ0v) is 15.7. The molecule has 0 atom stereocenters. The highest BCUT2D eigenvalue weighted by atomic mass is 79.9. The Bertz CT molecular complexity index is 1090. The molecule has 1 N–H and O–H groups in total. The second-order valence-electron chi connectivity index (χ2n) is 5.14. The highest BCUT2D eigenvalue weighted by Crippen LogP contribution is 2.14. The fourth-order valence-electron chi connectivity index (χ4n) is 2.54. The Labute approximate surface area is 151 Å². The van der Waals surface area contributed by atoms with E-state index >= 15 is 0 Å². The average molecular weight is 402 g/mol. The third-order valence-electron chi connectivity index (χ3n) is 3.65. The van der Waals surface area contributed by atoms with Crippen molar-refractivity contribution in [3.05, 3.63) is 67.3 Å². The van der Waals surface area contributed by atoms with E-state index in [-0.39, 0.29) is 5.56 Å². The van der Waals surface area contributed by atoms with Crippen LogP contribution in [0.1, 0.15) is 6.92 Å². The zero-order chi connectivity index (χ0) is 17.3. The quantitative estimate of drug-likeness (QED) is 0.733. The fraction of sp³-hybridized carbons (Fsp3) is 0.111. The van der Waals surface area contributed by atoms with Gasteiger partial charge in [-0.15, -0.1) is 11.3 Å². The molecule has 24 heavy (non-hydrogen) atoms. The molecule has 3 aromatic rings. The molecule has 0 bridgehead atoms. The van der Waals surface area contributed by atoms with Crippen molar-refractivity contribution in [2.75, 3.05) is 7.05 Å². The molecule has 0 fully saturated rings. The van der Waals surface area contributed by atoms with Crippen molar-refractivity contribution in [3.63, 3.8) is 0 Å². The van der Waals surface area contributed by atoms with Crippen LogP contribution in [0.3, 0.4) is 0 Å². The summed E-state index contributed by atoms with van der Waals surface area (Å²) < 4.78 is 3.96. The summed E-state index contributed by atoms with van der Waals surface area (Å²) in [5.41, 5.74) is 2.29. The van der Waals surface area contributed by atoms with Gasteiger partial charge < -0.3 is 5.32 Å². The van der Waals surface area contributed by atoms with E-state index in [1.54, 1.807) is 10.9 Å². The molecule has 0 aliphatic heterocycles. The van der Waals surface area contributed by atoms with Gasteiger partial charge in [-0.05, 0) is 37.3 Å². The second-order valence-corrected chi connectivity index (χ2v) is 7.16. The maximum atomic E-state index is 12.9. The van der Waals surface area contributed by atoms with E-state index < -0.39 is 0 Å². The molecule has 0 radical (unpaired) electrons. The van der Waals surface area contributed by atoms with Crippen LogP contribution >= 0.6 is 27.3 Å². The molecule has 1 aromatic carbocycles. The summed E-state index contributed by atoms with van der Waals surface area (Å²) in [6, 6.07) is 7.56. The van der Waals surface area contributed by atoms with Gasteiger partial charge in [-0.3, -0.25) is 9.36 Å². The standard InChI is InChI=1S/C18H16BrN3OS/c1-4-5-14(20-3)15-11(2)24-17-16(15)21-10-22(18(17)23)13-8-6-12(19)7-9-13/h4-10,20H,2H2,1,3H3/b5-4-,15-14-. The molecule has 3 rings (SSSR count). The van der Waals surface area contributed by atoms with Gasteiger partial charge in [-0.25, -0.2) is 4.98 Å². The largest absolute Gasteiger partial charge is 0.388 e. The van der Waals surface area contributed by atoms with E-state index in [2.05, 4.69) is 32.8 Å². The lowest BCUT2D eigenvalue weighted by Gasteiger charge is -2.05. The molecular formula is C18H16BrN3OS. The number of aromatic nitrogens is 2. The Kier molecular flexibility index (Phi) is 4.69.